The Kier molecular flexibility index (Phi) is 2.37. The van der Waals surface area contributed by atoms with Gasteiger partial charge in [-0.1, -0.05) is 0 Å². The summed E-state index contributed by atoms with van der Waals surface area (Å²) in [7, 11) is 0. The topological polar surface area (TPSA) is 42.9 Å². The van der Waals surface area contributed by atoms with E-state index in [0.717, 1.165) is 11.8 Å². The molecule has 14 heavy (non-hydrogen) atoms. The Balaban J connectivity index is 2.38. The first-order chi connectivity index (χ1) is 6.79. The fourth-order valence-electron chi connectivity index (χ4n) is 1.11. The van der Waals surface area contributed by atoms with Crippen molar-refractivity contribution in [1.29, 1.82) is 0 Å². The van der Waals surface area contributed by atoms with Gasteiger partial charge in [-0.2, -0.15) is 0 Å². The van der Waals surface area contributed by atoms with Gasteiger partial charge in [-0.25, -0.2) is 9.97 Å². The minimum Gasteiger partial charge on any atom is -0.298 e. The lowest BCUT2D eigenvalue weighted by atomic mass is 10.3. The summed E-state index contributed by atoms with van der Waals surface area (Å²) >= 11 is 1.66. The smallest absolute Gasteiger partial charge is 0.159 e. The molecule has 0 N–H and O–H groups in total. The van der Waals surface area contributed by atoms with Crippen LogP contribution < -0.4 is 0 Å². The fraction of sp³-hybridized carbons (Fsp3) is 0.100. The second-order valence-corrected chi connectivity index (χ2v) is 4.02. The fourth-order valence-corrected chi connectivity index (χ4v) is 1.79. The quantitative estimate of drug-likeness (QED) is 0.705. The highest BCUT2D eigenvalue weighted by Gasteiger charge is 2.02. The largest absolute Gasteiger partial charge is 0.298 e. The molecule has 0 spiro atoms. The van der Waals surface area contributed by atoms with Crippen molar-refractivity contribution in [2.24, 2.45) is 0 Å². The molecular formula is C10H8N2OS. The molecule has 0 unspecified atom stereocenters. The van der Waals surface area contributed by atoms with Crippen molar-refractivity contribution in [1.82, 2.24) is 9.97 Å². The molecular weight excluding hydrogens is 196 g/mol. The first-order valence-corrected chi connectivity index (χ1v) is 5.00. The van der Waals surface area contributed by atoms with E-state index >= 15 is 0 Å². The van der Waals surface area contributed by atoms with Crippen molar-refractivity contribution >= 4 is 17.6 Å². The molecule has 3 nitrogen and oxygen atoms in total. The molecule has 70 valence electrons. The third kappa shape index (κ3) is 1.70. The summed E-state index contributed by atoms with van der Waals surface area (Å²) in [5.74, 6) is 0.667. The summed E-state index contributed by atoms with van der Waals surface area (Å²) in [6.07, 6.45) is 3.80. The van der Waals surface area contributed by atoms with E-state index in [1.54, 1.807) is 11.3 Å². The molecule has 0 radical (unpaired) electrons. The lowest BCUT2D eigenvalue weighted by Gasteiger charge is -1.94. The van der Waals surface area contributed by atoms with Gasteiger partial charge in [0.2, 0.25) is 0 Å². The Morgan fingerprint density at radius 1 is 1.36 bits per heavy atom. The van der Waals surface area contributed by atoms with Gasteiger partial charge in [0.05, 0.1) is 5.56 Å². The van der Waals surface area contributed by atoms with Crippen LogP contribution in [0.25, 0.3) is 11.4 Å². The summed E-state index contributed by atoms with van der Waals surface area (Å²) in [6, 6.07) is 2.03. The zero-order chi connectivity index (χ0) is 9.97. The molecule has 0 amide bonds. The van der Waals surface area contributed by atoms with Crippen LogP contribution in [0.15, 0.2) is 23.8 Å². The van der Waals surface area contributed by atoms with Crippen molar-refractivity contribution < 1.29 is 4.79 Å². The predicted molar refractivity (Wildman–Crippen MR) is 55.5 cm³/mol. The van der Waals surface area contributed by atoms with Crippen LogP contribution in [0.1, 0.15) is 15.2 Å². The van der Waals surface area contributed by atoms with Crippen LogP contribution in [0.4, 0.5) is 0 Å². The highest BCUT2D eigenvalue weighted by atomic mass is 32.1. The average molecular weight is 204 g/mol. The van der Waals surface area contributed by atoms with Gasteiger partial charge in [0.15, 0.2) is 12.1 Å². The number of thiophene rings is 1. The van der Waals surface area contributed by atoms with Crippen LogP contribution in [0.3, 0.4) is 0 Å². The number of rotatable bonds is 2. The Labute approximate surface area is 85.5 Å². The molecule has 0 atom stereocenters. The second-order valence-electron chi connectivity index (χ2n) is 2.90. The number of aromatic nitrogens is 2. The molecule has 2 rings (SSSR count). The lowest BCUT2D eigenvalue weighted by molar-refractivity contribution is 0.112. The maximum Gasteiger partial charge on any atom is 0.159 e. The number of aldehydes is 1. The van der Waals surface area contributed by atoms with E-state index in [1.165, 1.54) is 17.3 Å². The molecule has 0 saturated heterocycles. The summed E-state index contributed by atoms with van der Waals surface area (Å²) in [4.78, 5) is 19.8. The number of carbonyl (C=O) groups excluding carboxylic acids is 1. The minimum atomic E-state index is 0.501. The molecule has 0 bridgehead atoms. The molecule has 0 aliphatic rings. The maximum absolute atomic E-state index is 10.4. The van der Waals surface area contributed by atoms with Crippen molar-refractivity contribution in [3.05, 3.63) is 34.3 Å². The van der Waals surface area contributed by atoms with E-state index in [-0.39, 0.29) is 0 Å². The molecule has 0 aliphatic carbocycles. The van der Waals surface area contributed by atoms with Gasteiger partial charge in [0.25, 0.3) is 0 Å². The molecule has 0 aromatic carbocycles. The summed E-state index contributed by atoms with van der Waals surface area (Å²) in [5.41, 5.74) is 1.51. The number of hydrogen-bond acceptors (Lipinski definition) is 4. The molecule has 0 aliphatic heterocycles. The Bertz CT molecular complexity index is 447. The standard InChI is InChI=1S/C10H8N2OS/c1-7-2-9(6-14-7)10-11-3-8(5-13)4-12-10/h2-6H,1H3. The van der Waals surface area contributed by atoms with Crippen molar-refractivity contribution in [3.63, 3.8) is 0 Å². The van der Waals surface area contributed by atoms with E-state index in [0.29, 0.717) is 11.4 Å². The van der Waals surface area contributed by atoms with Crippen molar-refractivity contribution in [2.45, 2.75) is 6.92 Å². The monoisotopic (exact) mass is 204 g/mol. The first-order valence-electron chi connectivity index (χ1n) is 4.12. The van der Waals surface area contributed by atoms with Crippen molar-refractivity contribution in [3.8, 4) is 11.4 Å². The molecule has 0 saturated carbocycles. The number of hydrogen-bond donors (Lipinski definition) is 0. The number of aryl methyl sites for hydroxylation is 1. The van der Waals surface area contributed by atoms with Crippen LogP contribution in [0.2, 0.25) is 0 Å². The van der Waals surface area contributed by atoms with E-state index in [1.807, 2.05) is 18.4 Å². The van der Waals surface area contributed by atoms with Crippen LogP contribution in [-0.2, 0) is 0 Å². The van der Waals surface area contributed by atoms with Crippen molar-refractivity contribution in [2.75, 3.05) is 0 Å². The van der Waals surface area contributed by atoms with E-state index in [4.69, 9.17) is 0 Å². The maximum atomic E-state index is 10.4. The zero-order valence-electron chi connectivity index (χ0n) is 7.60. The Morgan fingerprint density at radius 2 is 2.07 bits per heavy atom. The normalized spacial score (nSPS) is 10.1. The van der Waals surface area contributed by atoms with Gasteiger partial charge in [-0.15, -0.1) is 11.3 Å². The highest BCUT2D eigenvalue weighted by Crippen LogP contribution is 2.21. The summed E-state index contributed by atoms with van der Waals surface area (Å²) in [5, 5.41) is 2.01. The van der Waals surface area contributed by atoms with Gasteiger partial charge in [-0.3, -0.25) is 4.79 Å². The average Bonchev–Trinajstić information content (AvgIpc) is 2.65. The van der Waals surface area contributed by atoms with Crippen LogP contribution >= 0.6 is 11.3 Å². The highest BCUT2D eigenvalue weighted by molar-refractivity contribution is 7.10. The van der Waals surface area contributed by atoms with E-state index in [9.17, 15) is 4.79 Å². The first kappa shape index (κ1) is 9.02. The van der Waals surface area contributed by atoms with Crippen LogP contribution in [0.5, 0.6) is 0 Å². The molecule has 2 aromatic heterocycles. The lowest BCUT2D eigenvalue weighted by Crippen LogP contribution is -1.89. The van der Waals surface area contributed by atoms with Crippen LogP contribution in [0, 0.1) is 6.92 Å². The Hall–Kier alpha value is -1.55. The van der Waals surface area contributed by atoms with Gasteiger partial charge < -0.3 is 0 Å². The van der Waals surface area contributed by atoms with Crippen LogP contribution in [-0.4, -0.2) is 16.3 Å². The summed E-state index contributed by atoms with van der Waals surface area (Å²) < 4.78 is 0. The molecule has 0 fully saturated rings. The van der Waals surface area contributed by atoms with Gasteiger partial charge >= 0.3 is 0 Å². The second kappa shape index (κ2) is 3.67. The SMILES string of the molecule is Cc1cc(-c2ncc(C=O)cn2)cs1. The van der Waals surface area contributed by atoms with Gasteiger partial charge in [0.1, 0.15) is 0 Å². The summed E-state index contributed by atoms with van der Waals surface area (Å²) in [6.45, 7) is 2.04. The molecule has 2 aromatic rings. The van der Waals surface area contributed by atoms with E-state index in [2.05, 4.69) is 9.97 Å². The van der Waals surface area contributed by atoms with Gasteiger partial charge in [-0.05, 0) is 13.0 Å². The van der Waals surface area contributed by atoms with E-state index < -0.39 is 0 Å². The third-order valence-corrected chi connectivity index (χ3v) is 2.66. The van der Waals surface area contributed by atoms with Gasteiger partial charge in [0, 0.05) is 28.2 Å². The predicted octanol–water partition coefficient (Wildman–Crippen LogP) is 2.33. The zero-order valence-corrected chi connectivity index (χ0v) is 8.41. The third-order valence-electron chi connectivity index (χ3n) is 1.80. The number of nitrogens with zero attached hydrogens (tertiary/aromatic N) is 2. The molecule has 4 heteroatoms. The Morgan fingerprint density at radius 3 is 2.57 bits per heavy atom. The minimum absolute atomic E-state index is 0.501. The molecule has 2 heterocycles. The number of carbonyl (C=O) groups is 1.